The number of benzene rings is 2. The molecule has 0 saturated carbocycles. The van der Waals surface area contributed by atoms with Gasteiger partial charge in [-0.3, -0.25) is 0 Å². The molecule has 0 radical (unpaired) electrons. The summed E-state index contributed by atoms with van der Waals surface area (Å²) in [6.45, 7) is 0. The zero-order valence-corrected chi connectivity index (χ0v) is 11.3. The number of hydrogen-bond donors (Lipinski definition) is 1. The van der Waals surface area contributed by atoms with E-state index in [-0.39, 0.29) is 11.9 Å². The average molecular weight is 269 g/mol. The van der Waals surface area contributed by atoms with E-state index >= 15 is 0 Å². The molecule has 3 nitrogen and oxygen atoms in total. The fourth-order valence-corrected chi connectivity index (χ4v) is 2.40. The SMILES string of the molecule is Cn1c(CC(N)c2ccc(F)cc2)nc2ccccc21. The lowest BCUT2D eigenvalue weighted by Gasteiger charge is -2.11. The maximum absolute atomic E-state index is 12.9. The van der Waals surface area contributed by atoms with E-state index in [1.165, 1.54) is 12.1 Å². The van der Waals surface area contributed by atoms with Crippen LogP contribution in [-0.4, -0.2) is 9.55 Å². The highest BCUT2D eigenvalue weighted by molar-refractivity contribution is 5.75. The van der Waals surface area contributed by atoms with Crippen molar-refractivity contribution in [2.24, 2.45) is 12.8 Å². The Morgan fingerprint density at radius 1 is 1.15 bits per heavy atom. The van der Waals surface area contributed by atoms with Gasteiger partial charge >= 0.3 is 0 Å². The Bertz CT molecular complexity index is 731. The third kappa shape index (κ3) is 2.30. The molecule has 1 atom stereocenters. The van der Waals surface area contributed by atoms with E-state index in [9.17, 15) is 4.39 Å². The number of imidazole rings is 1. The first-order chi connectivity index (χ1) is 9.65. The second-order valence-corrected chi connectivity index (χ2v) is 4.94. The molecule has 0 aliphatic rings. The maximum atomic E-state index is 12.9. The quantitative estimate of drug-likeness (QED) is 0.794. The summed E-state index contributed by atoms with van der Waals surface area (Å²) in [6, 6.07) is 14.1. The highest BCUT2D eigenvalue weighted by atomic mass is 19.1. The monoisotopic (exact) mass is 269 g/mol. The molecule has 0 spiro atoms. The standard InChI is InChI=1S/C16H16FN3/c1-20-15-5-3-2-4-14(15)19-16(20)10-13(18)11-6-8-12(17)9-7-11/h2-9,13H,10,18H2,1H3. The van der Waals surface area contributed by atoms with Crippen molar-refractivity contribution in [1.82, 2.24) is 9.55 Å². The Labute approximate surface area is 116 Å². The van der Waals surface area contributed by atoms with E-state index in [0.717, 1.165) is 22.4 Å². The van der Waals surface area contributed by atoms with Gasteiger partial charge in [0.1, 0.15) is 11.6 Å². The molecule has 0 aliphatic carbocycles. The first kappa shape index (κ1) is 12.8. The van der Waals surface area contributed by atoms with Gasteiger partial charge in [0.05, 0.1) is 11.0 Å². The lowest BCUT2D eigenvalue weighted by molar-refractivity contribution is 0.622. The van der Waals surface area contributed by atoms with E-state index in [0.29, 0.717) is 6.42 Å². The maximum Gasteiger partial charge on any atom is 0.123 e. The van der Waals surface area contributed by atoms with Gasteiger partial charge < -0.3 is 10.3 Å². The molecule has 0 fully saturated rings. The number of para-hydroxylation sites is 2. The second kappa shape index (κ2) is 5.06. The van der Waals surface area contributed by atoms with Gasteiger partial charge in [0.15, 0.2) is 0 Å². The van der Waals surface area contributed by atoms with Crippen LogP contribution in [0.1, 0.15) is 17.4 Å². The molecule has 4 heteroatoms. The number of halogens is 1. The lowest BCUT2D eigenvalue weighted by Crippen LogP contribution is -2.15. The third-order valence-corrected chi connectivity index (χ3v) is 3.58. The number of hydrogen-bond acceptors (Lipinski definition) is 2. The topological polar surface area (TPSA) is 43.8 Å². The summed E-state index contributed by atoms with van der Waals surface area (Å²) in [7, 11) is 1.99. The fourth-order valence-electron chi connectivity index (χ4n) is 2.40. The van der Waals surface area contributed by atoms with E-state index in [1.54, 1.807) is 12.1 Å². The summed E-state index contributed by atoms with van der Waals surface area (Å²) in [5, 5.41) is 0. The molecule has 20 heavy (non-hydrogen) atoms. The fraction of sp³-hybridized carbons (Fsp3) is 0.188. The van der Waals surface area contributed by atoms with Crippen LogP contribution in [0.5, 0.6) is 0 Å². The molecule has 0 amide bonds. The molecule has 0 saturated heterocycles. The zero-order valence-electron chi connectivity index (χ0n) is 11.3. The van der Waals surface area contributed by atoms with Gasteiger partial charge in [0.25, 0.3) is 0 Å². The number of fused-ring (bicyclic) bond motifs is 1. The Hall–Kier alpha value is -2.20. The van der Waals surface area contributed by atoms with Crippen LogP contribution in [0.2, 0.25) is 0 Å². The third-order valence-electron chi connectivity index (χ3n) is 3.58. The molecule has 0 bridgehead atoms. The number of nitrogens with zero attached hydrogens (tertiary/aromatic N) is 2. The Morgan fingerprint density at radius 2 is 1.85 bits per heavy atom. The number of rotatable bonds is 3. The van der Waals surface area contributed by atoms with Crippen molar-refractivity contribution >= 4 is 11.0 Å². The van der Waals surface area contributed by atoms with Gasteiger partial charge in [0.2, 0.25) is 0 Å². The summed E-state index contributed by atoms with van der Waals surface area (Å²) >= 11 is 0. The Morgan fingerprint density at radius 3 is 2.55 bits per heavy atom. The first-order valence-electron chi connectivity index (χ1n) is 6.56. The minimum atomic E-state index is -0.247. The number of aryl methyl sites for hydroxylation is 1. The van der Waals surface area contributed by atoms with Crippen molar-refractivity contribution < 1.29 is 4.39 Å². The number of nitrogens with two attached hydrogens (primary N) is 1. The van der Waals surface area contributed by atoms with Crippen molar-refractivity contribution in [3.05, 3.63) is 65.7 Å². The summed E-state index contributed by atoms with van der Waals surface area (Å²) in [6.07, 6.45) is 0.622. The first-order valence-corrected chi connectivity index (χ1v) is 6.56. The molecule has 3 rings (SSSR count). The minimum Gasteiger partial charge on any atom is -0.331 e. The predicted molar refractivity (Wildman–Crippen MR) is 77.7 cm³/mol. The molecule has 2 aromatic carbocycles. The molecular weight excluding hydrogens is 253 g/mol. The largest absolute Gasteiger partial charge is 0.331 e. The van der Waals surface area contributed by atoms with Gasteiger partial charge in [-0.25, -0.2) is 9.37 Å². The highest BCUT2D eigenvalue weighted by Gasteiger charge is 2.13. The van der Waals surface area contributed by atoms with Gasteiger partial charge in [-0.2, -0.15) is 0 Å². The van der Waals surface area contributed by atoms with E-state index in [2.05, 4.69) is 9.55 Å². The number of aromatic nitrogens is 2. The van der Waals surface area contributed by atoms with Crippen molar-refractivity contribution in [2.45, 2.75) is 12.5 Å². The van der Waals surface area contributed by atoms with Gasteiger partial charge in [0, 0.05) is 19.5 Å². The molecule has 0 aliphatic heterocycles. The highest BCUT2D eigenvalue weighted by Crippen LogP contribution is 2.19. The van der Waals surface area contributed by atoms with Crippen molar-refractivity contribution in [3.63, 3.8) is 0 Å². The van der Waals surface area contributed by atoms with Gasteiger partial charge in [-0.1, -0.05) is 24.3 Å². The van der Waals surface area contributed by atoms with Crippen LogP contribution in [0.4, 0.5) is 4.39 Å². The van der Waals surface area contributed by atoms with Crippen LogP contribution >= 0.6 is 0 Å². The Kier molecular flexibility index (Phi) is 3.24. The van der Waals surface area contributed by atoms with Crippen LogP contribution < -0.4 is 5.73 Å². The van der Waals surface area contributed by atoms with Crippen LogP contribution in [-0.2, 0) is 13.5 Å². The lowest BCUT2D eigenvalue weighted by atomic mass is 10.0. The molecule has 1 aromatic heterocycles. The van der Waals surface area contributed by atoms with Crippen LogP contribution in [0, 0.1) is 5.82 Å². The summed E-state index contributed by atoms with van der Waals surface area (Å²) in [5.41, 5.74) is 9.17. The Balaban J connectivity index is 1.89. The van der Waals surface area contributed by atoms with Crippen LogP contribution in [0.25, 0.3) is 11.0 Å². The molecule has 2 N–H and O–H groups in total. The molecule has 1 unspecified atom stereocenters. The smallest absolute Gasteiger partial charge is 0.123 e. The average Bonchev–Trinajstić information content (AvgIpc) is 2.77. The van der Waals surface area contributed by atoms with E-state index < -0.39 is 0 Å². The van der Waals surface area contributed by atoms with Crippen molar-refractivity contribution in [2.75, 3.05) is 0 Å². The van der Waals surface area contributed by atoms with Crippen LogP contribution in [0.3, 0.4) is 0 Å². The molecule has 102 valence electrons. The summed E-state index contributed by atoms with van der Waals surface area (Å²) in [4.78, 5) is 4.60. The summed E-state index contributed by atoms with van der Waals surface area (Å²) < 4.78 is 15.0. The van der Waals surface area contributed by atoms with Crippen molar-refractivity contribution in [1.29, 1.82) is 0 Å². The van der Waals surface area contributed by atoms with E-state index in [4.69, 9.17) is 5.73 Å². The van der Waals surface area contributed by atoms with E-state index in [1.807, 2.05) is 31.3 Å². The minimum absolute atomic E-state index is 0.189. The second-order valence-electron chi connectivity index (χ2n) is 4.94. The predicted octanol–water partition coefficient (Wildman–Crippen LogP) is 2.95. The molecular formula is C16H16FN3. The van der Waals surface area contributed by atoms with Gasteiger partial charge in [-0.05, 0) is 29.8 Å². The van der Waals surface area contributed by atoms with Crippen LogP contribution in [0.15, 0.2) is 48.5 Å². The molecule has 3 aromatic rings. The summed E-state index contributed by atoms with van der Waals surface area (Å²) in [5.74, 6) is 0.687. The molecule has 1 heterocycles. The van der Waals surface area contributed by atoms with Gasteiger partial charge in [-0.15, -0.1) is 0 Å². The van der Waals surface area contributed by atoms with Crippen molar-refractivity contribution in [3.8, 4) is 0 Å². The normalized spacial score (nSPS) is 12.8. The zero-order chi connectivity index (χ0) is 14.1.